The van der Waals surface area contributed by atoms with E-state index in [-0.39, 0.29) is 12.6 Å². The molecule has 0 heterocycles. The molecule has 0 saturated heterocycles. The first-order valence-corrected chi connectivity index (χ1v) is 6.03. The van der Waals surface area contributed by atoms with Crippen LogP contribution in [0, 0.1) is 5.41 Å². The molecule has 0 bridgehead atoms. The second kappa shape index (κ2) is 5.59. The smallest absolute Gasteiger partial charge is 0.312 e. The van der Waals surface area contributed by atoms with Crippen LogP contribution in [-0.4, -0.2) is 17.7 Å². The molecular weight excluding hydrogens is 254 g/mol. The Kier molecular flexibility index (Phi) is 4.59. The quantitative estimate of drug-likeness (QED) is 0.864. The second-order valence-electron chi connectivity index (χ2n) is 4.95. The Morgan fingerprint density at radius 3 is 2.67 bits per heavy atom. The van der Waals surface area contributed by atoms with Crippen molar-refractivity contribution in [2.24, 2.45) is 11.1 Å². The lowest BCUT2D eigenvalue weighted by Gasteiger charge is -2.21. The molecule has 1 rings (SSSR count). The average Bonchev–Trinajstić information content (AvgIpc) is 2.27. The lowest BCUT2D eigenvalue weighted by atomic mass is 9.95. The first kappa shape index (κ1) is 14.8. The first-order valence-electron chi connectivity index (χ1n) is 5.65. The lowest BCUT2D eigenvalue weighted by Crippen LogP contribution is -2.31. The molecule has 0 saturated carbocycles. The van der Waals surface area contributed by atoms with Crippen molar-refractivity contribution in [1.29, 1.82) is 0 Å². The molecule has 4 nitrogen and oxygen atoms in total. The number of carbonyl (C=O) groups is 1. The molecule has 5 heteroatoms. The van der Waals surface area contributed by atoms with Gasteiger partial charge in [-0.1, -0.05) is 11.6 Å². The number of carboxylic acids is 1. The van der Waals surface area contributed by atoms with Gasteiger partial charge in [-0.3, -0.25) is 4.79 Å². The van der Waals surface area contributed by atoms with Gasteiger partial charge in [0.25, 0.3) is 0 Å². The topological polar surface area (TPSA) is 72.5 Å². The Morgan fingerprint density at radius 1 is 1.56 bits per heavy atom. The molecule has 0 fully saturated rings. The Balaban J connectivity index is 2.88. The predicted octanol–water partition coefficient (Wildman–Crippen LogP) is 2.85. The molecule has 0 amide bonds. The zero-order valence-corrected chi connectivity index (χ0v) is 11.5. The van der Waals surface area contributed by atoms with Crippen molar-refractivity contribution in [3.63, 3.8) is 0 Å². The summed E-state index contributed by atoms with van der Waals surface area (Å²) in [5, 5.41) is 9.59. The highest BCUT2D eigenvalue weighted by Crippen LogP contribution is 2.28. The summed E-state index contributed by atoms with van der Waals surface area (Å²) in [6, 6.07) is 4.90. The van der Waals surface area contributed by atoms with Crippen LogP contribution in [0.2, 0.25) is 5.02 Å². The van der Waals surface area contributed by atoms with E-state index in [4.69, 9.17) is 27.2 Å². The Morgan fingerprint density at radius 2 is 2.17 bits per heavy atom. The zero-order valence-electron chi connectivity index (χ0n) is 10.7. The molecule has 3 N–H and O–H groups in total. The van der Waals surface area contributed by atoms with Crippen molar-refractivity contribution in [3.05, 3.63) is 28.8 Å². The number of nitrogens with two attached hydrogens (primary N) is 1. The third-order valence-electron chi connectivity index (χ3n) is 2.63. The van der Waals surface area contributed by atoms with Gasteiger partial charge in [0, 0.05) is 16.6 Å². The minimum atomic E-state index is -0.950. The number of halogens is 1. The van der Waals surface area contributed by atoms with Gasteiger partial charge in [0.05, 0.1) is 5.41 Å². The van der Waals surface area contributed by atoms with E-state index in [2.05, 4.69) is 0 Å². The van der Waals surface area contributed by atoms with E-state index in [1.54, 1.807) is 32.0 Å². The van der Waals surface area contributed by atoms with Crippen molar-refractivity contribution >= 4 is 17.6 Å². The molecule has 1 atom stereocenters. The van der Waals surface area contributed by atoms with E-state index in [1.165, 1.54) is 0 Å². The average molecular weight is 272 g/mol. The summed E-state index contributed by atoms with van der Waals surface area (Å²) >= 11 is 5.90. The van der Waals surface area contributed by atoms with Gasteiger partial charge >= 0.3 is 5.97 Å². The number of benzene rings is 1. The summed E-state index contributed by atoms with van der Waals surface area (Å²) in [7, 11) is 0. The van der Waals surface area contributed by atoms with Crippen LogP contribution in [0.15, 0.2) is 18.2 Å². The van der Waals surface area contributed by atoms with E-state index in [0.29, 0.717) is 10.8 Å². The van der Waals surface area contributed by atoms with Crippen molar-refractivity contribution in [2.45, 2.75) is 26.8 Å². The maximum absolute atomic E-state index is 11.0. The molecule has 0 spiro atoms. The zero-order chi connectivity index (χ0) is 13.9. The maximum Gasteiger partial charge on any atom is 0.312 e. The molecule has 1 aromatic rings. The third kappa shape index (κ3) is 3.62. The highest BCUT2D eigenvalue weighted by atomic mass is 35.5. The van der Waals surface area contributed by atoms with E-state index < -0.39 is 11.4 Å². The maximum atomic E-state index is 11.0. The van der Waals surface area contributed by atoms with Crippen LogP contribution >= 0.6 is 11.6 Å². The number of aliphatic carboxylic acids is 1. The minimum absolute atomic E-state index is 0.0731. The van der Waals surface area contributed by atoms with E-state index >= 15 is 0 Å². The summed E-state index contributed by atoms with van der Waals surface area (Å²) in [4.78, 5) is 11.0. The summed E-state index contributed by atoms with van der Waals surface area (Å²) in [5.41, 5.74) is 5.65. The van der Waals surface area contributed by atoms with Crippen LogP contribution in [0.1, 0.15) is 32.4 Å². The third-order valence-corrected chi connectivity index (χ3v) is 2.86. The van der Waals surface area contributed by atoms with E-state index in [1.807, 2.05) is 6.92 Å². The van der Waals surface area contributed by atoms with Crippen molar-refractivity contribution in [1.82, 2.24) is 0 Å². The van der Waals surface area contributed by atoms with Gasteiger partial charge < -0.3 is 15.6 Å². The molecule has 0 aliphatic heterocycles. The van der Waals surface area contributed by atoms with Gasteiger partial charge in [-0.15, -0.1) is 0 Å². The molecule has 18 heavy (non-hydrogen) atoms. The summed E-state index contributed by atoms with van der Waals surface area (Å²) in [6.07, 6.45) is 0. The molecule has 0 radical (unpaired) electrons. The van der Waals surface area contributed by atoms with Crippen LogP contribution in [0.25, 0.3) is 0 Å². The number of rotatable bonds is 5. The number of carboxylic acid groups (broad SMARTS) is 1. The van der Waals surface area contributed by atoms with Gasteiger partial charge in [0.1, 0.15) is 12.4 Å². The highest BCUT2D eigenvalue weighted by Gasteiger charge is 2.28. The van der Waals surface area contributed by atoms with Gasteiger partial charge in [-0.05, 0) is 39.0 Å². The molecule has 0 aliphatic rings. The van der Waals surface area contributed by atoms with E-state index in [0.717, 1.165) is 5.56 Å². The van der Waals surface area contributed by atoms with Crippen molar-refractivity contribution < 1.29 is 14.6 Å². The lowest BCUT2D eigenvalue weighted by molar-refractivity contribution is -0.148. The predicted molar refractivity (Wildman–Crippen MR) is 71.0 cm³/mol. The standard InChI is InChI=1S/C13H18ClNO3/c1-8(15)10-6-9(14)4-5-11(10)18-7-13(2,3)12(16)17/h4-6,8H,7,15H2,1-3H3,(H,16,17). The highest BCUT2D eigenvalue weighted by molar-refractivity contribution is 6.30. The normalized spacial score (nSPS) is 13.2. The largest absolute Gasteiger partial charge is 0.492 e. The summed E-state index contributed by atoms with van der Waals surface area (Å²) < 4.78 is 5.56. The number of ether oxygens (including phenoxy) is 1. The van der Waals surface area contributed by atoms with Crippen LogP contribution in [0.5, 0.6) is 5.75 Å². The van der Waals surface area contributed by atoms with Gasteiger partial charge in [0.15, 0.2) is 0 Å². The Bertz CT molecular complexity index is 444. The van der Waals surface area contributed by atoms with Gasteiger partial charge in [0.2, 0.25) is 0 Å². The number of hydrogen-bond acceptors (Lipinski definition) is 3. The Labute approximate surface area is 112 Å². The monoisotopic (exact) mass is 271 g/mol. The SMILES string of the molecule is CC(N)c1cc(Cl)ccc1OCC(C)(C)C(=O)O. The fourth-order valence-electron chi connectivity index (χ4n) is 1.33. The first-order chi connectivity index (χ1) is 8.24. The fraction of sp³-hybridized carbons (Fsp3) is 0.462. The molecule has 0 aliphatic carbocycles. The molecule has 1 aromatic carbocycles. The second-order valence-corrected chi connectivity index (χ2v) is 5.38. The van der Waals surface area contributed by atoms with Crippen LogP contribution in [-0.2, 0) is 4.79 Å². The molecule has 100 valence electrons. The molecular formula is C13H18ClNO3. The molecule has 0 aromatic heterocycles. The number of hydrogen-bond donors (Lipinski definition) is 2. The summed E-state index contributed by atoms with van der Waals surface area (Å²) in [5.74, 6) is -0.331. The van der Waals surface area contributed by atoms with Crippen molar-refractivity contribution in [2.75, 3.05) is 6.61 Å². The molecule has 1 unspecified atom stereocenters. The minimum Gasteiger partial charge on any atom is -0.492 e. The van der Waals surface area contributed by atoms with Crippen LogP contribution < -0.4 is 10.5 Å². The van der Waals surface area contributed by atoms with Crippen LogP contribution in [0.3, 0.4) is 0 Å². The van der Waals surface area contributed by atoms with Gasteiger partial charge in [-0.25, -0.2) is 0 Å². The van der Waals surface area contributed by atoms with Crippen molar-refractivity contribution in [3.8, 4) is 5.75 Å². The fourth-order valence-corrected chi connectivity index (χ4v) is 1.51. The van der Waals surface area contributed by atoms with E-state index in [9.17, 15) is 4.79 Å². The Hall–Kier alpha value is -1.26. The van der Waals surface area contributed by atoms with Gasteiger partial charge in [-0.2, -0.15) is 0 Å². The summed E-state index contributed by atoms with van der Waals surface area (Å²) in [6.45, 7) is 5.11. The van der Waals surface area contributed by atoms with Crippen LogP contribution in [0.4, 0.5) is 0 Å².